The van der Waals surface area contributed by atoms with Crippen molar-refractivity contribution in [1.82, 2.24) is 4.72 Å². The van der Waals surface area contributed by atoms with E-state index < -0.39 is 18.9 Å². The third kappa shape index (κ3) is 8.05. The van der Waals surface area contributed by atoms with Gasteiger partial charge in [-0.1, -0.05) is 0 Å². The van der Waals surface area contributed by atoms with E-state index in [1.165, 1.54) is 0 Å². The molecule has 0 heterocycles. The van der Waals surface area contributed by atoms with E-state index in [1.807, 2.05) is 0 Å². The third-order valence-electron chi connectivity index (χ3n) is 0.604. The molecule has 12 heavy (non-hydrogen) atoms. The molecule has 0 rings (SSSR count). The van der Waals surface area contributed by atoms with Gasteiger partial charge < -0.3 is 4.74 Å². The van der Waals surface area contributed by atoms with Gasteiger partial charge in [0.25, 0.3) is 7.19 Å². The van der Waals surface area contributed by atoms with Crippen LogP contribution in [-0.2, 0) is 11.9 Å². The van der Waals surface area contributed by atoms with E-state index >= 15 is 0 Å². The van der Waals surface area contributed by atoms with Crippen molar-refractivity contribution in [3.63, 3.8) is 0 Å². The summed E-state index contributed by atoms with van der Waals surface area (Å²) in [5, 5.41) is 0. The zero-order valence-corrected chi connectivity index (χ0v) is 9.89. The van der Waals surface area contributed by atoms with Gasteiger partial charge in [-0.15, -0.1) is 0 Å². The number of nitrogens with one attached hydrogen (secondary N) is 1. The highest BCUT2D eigenvalue weighted by molar-refractivity contribution is 14.2. The Hall–Kier alpha value is -0.0500. The molecule has 7 heteroatoms. The van der Waals surface area contributed by atoms with Crippen LogP contribution in [0.3, 0.4) is 0 Å². The highest BCUT2D eigenvalue weighted by Crippen LogP contribution is 2.07. The fourth-order valence-corrected chi connectivity index (χ4v) is 1.18. The first kappa shape index (κ1) is 11.9. The van der Waals surface area contributed by atoms with Crippen LogP contribution >= 0.6 is 21.2 Å². The van der Waals surface area contributed by atoms with Crippen LogP contribution in [0.4, 0.5) is 4.79 Å². The van der Waals surface area contributed by atoms with Crippen LogP contribution in [0.1, 0.15) is 20.8 Å². The predicted octanol–water partition coefficient (Wildman–Crippen LogP) is 1.19. The normalized spacial score (nSPS) is 12.3. The number of carbonyl (C=O) groups is 1. The summed E-state index contributed by atoms with van der Waals surface area (Å²) in [6.07, 6.45) is -0.961. The van der Waals surface area contributed by atoms with E-state index in [1.54, 1.807) is 25.5 Å². The summed E-state index contributed by atoms with van der Waals surface area (Å²) in [6.45, 7) is 4.94. The largest absolute Gasteiger partial charge is 0.443 e. The van der Waals surface area contributed by atoms with Crippen LogP contribution in [0.2, 0.25) is 0 Å². The summed E-state index contributed by atoms with van der Waals surface area (Å²) < 4.78 is 27.4. The van der Waals surface area contributed by atoms with E-state index in [0.29, 0.717) is 0 Å². The van der Waals surface area contributed by atoms with Gasteiger partial charge in [-0.25, -0.2) is 9.52 Å². The number of hydrogen-bond donors (Lipinski definition) is 1. The Balaban J connectivity index is 4.10. The summed E-state index contributed by atoms with van der Waals surface area (Å²) in [5.74, 6) is 0. The lowest BCUT2D eigenvalue weighted by molar-refractivity contribution is 0.0571. The molecule has 0 unspecified atom stereocenters. The highest BCUT2D eigenvalue weighted by atomic mass is 127. The van der Waals surface area contributed by atoms with Crippen molar-refractivity contribution in [2.45, 2.75) is 26.4 Å². The van der Waals surface area contributed by atoms with Gasteiger partial charge in [0.05, 0.1) is 21.2 Å². The smallest absolute Gasteiger partial charge is 0.422 e. The summed E-state index contributed by atoms with van der Waals surface area (Å²) in [7, 11) is -3.55. The lowest BCUT2D eigenvalue weighted by Crippen LogP contribution is -2.33. The van der Waals surface area contributed by atoms with Crippen LogP contribution in [0.15, 0.2) is 0 Å². The Morgan fingerprint density at radius 2 is 1.83 bits per heavy atom. The fraction of sp³-hybridized carbons (Fsp3) is 0.800. The van der Waals surface area contributed by atoms with Gasteiger partial charge in [0.2, 0.25) is 0 Å². The topological polar surface area (TPSA) is 72.5 Å². The number of rotatable bonds is 1. The lowest BCUT2D eigenvalue weighted by Gasteiger charge is -2.18. The van der Waals surface area contributed by atoms with Gasteiger partial charge >= 0.3 is 6.09 Å². The van der Waals surface area contributed by atoms with Crippen molar-refractivity contribution in [2.24, 2.45) is 0 Å². The Morgan fingerprint density at radius 1 is 1.42 bits per heavy atom. The van der Waals surface area contributed by atoms with Crippen LogP contribution in [0.5, 0.6) is 0 Å². The lowest BCUT2D eigenvalue weighted by atomic mass is 10.2. The van der Waals surface area contributed by atoms with Crippen molar-refractivity contribution < 1.29 is 17.9 Å². The molecule has 0 aromatic heterocycles. The number of ether oxygens (including phenoxy) is 1. The van der Waals surface area contributed by atoms with Gasteiger partial charge in [0.15, 0.2) is 0 Å². The van der Waals surface area contributed by atoms with E-state index in [9.17, 15) is 13.2 Å². The van der Waals surface area contributed by atoms with Crippen LogP contribution in [0.25, 0.3) is 0 Å². The monoisotopic (exact) mass is 307 g/mol. The zero-order chi connectivity index (χ0) is 9.99. The molecule has 0 aliphatic carbocycles. The molecule has 1 N–H and O–H groups in total. The summed E-state index contributed by atoms with van der Waals surface area (Å²) in [6, 6.07) is 0. The van der Waals surface area contributed by atoms with Crippen LogP contribution < -0.4 is 4.72 Å². The molecule has 0 bridgehead atoms. The van der Waals surface area contributed by atoms with Crippen LogP contribution in [0, 0.1) is 0 Å². The van der Waals surface area contributed by atoms with E-state index in [4.69, 9.17) is 0 Å². The molecule has 0 saturated heterocycles. The average molecular weight is 307 g/mol. The maximum atomic E-state index is 10.8. The Morgan fingerprint density at radius 3 is 2.08 bits per heavy atom. The van der Waals surface area contributed by atoms with E-state index in [0.717, 1.165) is 21.2 Å². The van der Waals surface area contributed by atoms with Gasteiger partial charge in [0, 0.05) is 0 Å². The van der Waals surface area contributed by atoms with Crippen molar-refractivity contribution >= 4 is 34.5 Å². The minimum atomic E-state index is -3.55. The molecule has 0 radical (unpaired) electrons. The SMILES string of the molecule is CC(C)(C)OC(=O)NS(=O)(=O)I. The van der Waals surface area contributed by atoms with E-state index in [-0.39, 0.29) is 0 Å². The molecule has 0 aliphatic rings. The molecular formula is C5H10INO4S. The van der Waals surface area contributed by atoms with Gasteiger partial charge in [-0.3, -0.25) is 0 Å². The third-order valence-corrected chi connectivity index (χ3v) is 1.68. The molecule has 0 spiro atoms. The van der Waals surface area contributed by atoms with Crippen molar-refractivity contribution in [3.8, 4) is 0 Å². The molecule has 0 fully saturated rings. The highest BCUT2D eigenvalue weighted by Gasteiger charge is 2.19. The number of amides is 1. The van der Waals surface area contributed by atoms with E-state index in [2.05, 4.69) is 4.74 Å². The first-order valence-electron chi connectivity index (χ1n) is 3.05. The molecule has 0 aliphatic heterocycles. The molecule has 0 atom stereocenters. The molecule has 1 amide bonds. The average Bonchev–Trinajstić information content (AvgIpc) is 1.49. The fourth-order valence-electron chi connectivity index (χ4n) is 0.398. The minimum absolute atomic E-state index is 0.689. The Labute approximate surface area is 83.5 Å². The predicted molar refractivity (Wildman–Crippen MR) is 52.3 cm³/mol. The Bertz CT molecular complexity index is 266. The minimum Gasteiger partial charge on any atom is -0.443 e. The van der Waals surface area contributed by atoms with Gasteiger partial charge in [0.1, 0.15) is 5.60 Å². The number of hydrogen-bond acceptors (Lipinski definition) is 4. The first-order valence-corrected chi connectivity index (χ1v) is 7.08. The maximum absolute atomic E-state index is 10.8. The molecular weight excluding hydrogens is 297 g/mol. The summed E-state index contributed by atoms with van der Waals surface area (Å²) >= 11 is 1.10. The molecule has 0 saturated carbocycles. The molecule has 5 nitrogen and oxygen atoms in total. The second-order valence-corrected chi connectivity index (χ2v) is 7.60. The van der Waals surface area contributed by atoms with Crippen molar-refractivity contribution in [1.29, 1.82) is 0 Å². The maximum Gasteiger partial charge on any atom is 0.422 e. The van der Waals surface area contributed by atoms with Crippen molar-refractivity contribution in [2.75, 3.05) is 0 Å². The standard InChI is InChI=1S/C5H10INO4S/c1-5(2,3)11-4(8)7-12(6,9)10/h1-3H3,(H,7,8). The Kier molecular flexibility index (Phi) is 3.76. The van der Waals surface area contributed by atoms with Crippen molar-refractivity contribution in [3.05, 3.63) is 0 Å². The van der Waals surface area contributed by atoms with Crippen LogP contribution in [-0.4, -0.2) is 20.1 Å². The number of carbonyl (C=O) groups excluding carboxylic acids is 1. The number of halogens is 1. The second-order valence-electron chi connectivity index (χ2n) is 3.04. The first-order chi connectivity index (χ1) is 5.10. The summed E-state index contributed by atoms with van der Waals surface area (Å²) in [5.41, 5.74) is -0.689. The van der Waals surface area contributed by atoms with Gasteiger partial charge in [-0.2, -0.15) is 8.42 Å². The second kappa shape index (κ2) is 3.77. The van der Waals surface area contributed by atoms with Gasteiger partial charge in [-0.05, 0) is 20.8 Å². The molecule has 0 aromatic rings. The summed E-state index contributed by atoms with van der Waals surface area (Å²) in [4.78, 5) is 10.8. The molecule has 0 aromatic carbocycles. The quantitative estimate of drug-likeness (QED) is 0.583. The zero-order valence-electron chi connectivity index (χ0n) is 6.92. The molecule has 72 valence electrons.